The molecule has 0 spiro atoms. The van der Waals surface area contributed by atoms with Crippen LogP contribution in [0.15, 0.2) is 24.3 Å². The van der Waals surface area contributed by atoms with Gasteiger partial charge in [-0.2, -0.15) is 0 Å². The van der Waals surface area contributed by atoms with E-state index in [4.69, 9.17) is 0 Å². The lowest BCUT2D eigenvalue weighted by atomic mass is 9.82. The van der Waals surface area contributed by atoms with Crippen LogP contribution in [0.2, 0.25) is 0 Å². The largest absolute Gasteiger partial charge is 0.387 e. The summed E-state index contributed by atoms with van der Waals surface area (Å²) < 4.78 is 2.18. The Labute approximate surface area is 142 Å². The van der Waals surface area contributed by atoms with Gasteiger partial charge < -0.3 is 5.11 Å². The van der Waals surface area contributed by atoms with Gasteiger partial charge in [0.1, 0.15) is 0 Å². The Morgan fingerprint density at radius 3 is 2.83 bits per heavy atom. The quantitative estimate of drug-likeness (QED) is 0.921. The smallest absolute Gasteiger partial charge is 0.0951 e. The highest BCUT2D eigenvalue weighted by atomic mass is 16.3. The molecule has 5 heteroatoms. The molecule has 0 amide bonds. The summed E-state index contributed by atoms with van der Waals surface area (Å²) in [4.78, 5) is 2.44. The number of fused-ring (bicyclic) bond motifs is 2. The van der Waals surface area contributed by atoms with E-state index in [1.807, 2.05) is 6.07 Å². The highest BCUT2D eigenvalue weighted by Crippen LogP contribution is 2.40. The van der Waals surface area contributed by atoms with E-state index in [-0.39, 0.29) is 12.1 Å². The molecule has 1 fully saturated rings. The summed E-state index contributed by atoms with van der Waals surface area (Å²) in [5, 5.41) is 19.7. The summed E-state index contributed by atoms with van der Waals surface area (Å²) in [7, 11) is 0. The lowest BCUT2D eigenvalue weighted by Gasteiger charge is -2.37. The summed E-state index contributed by atoms with van der Waals surface area (Å²) in [5.74, 6) is 0.806. The van der Waals surface area contributed by atoms with Crippen molar-refractivity contribution in [3.05, 3.63) is 46.8 Å². The first-order valence-corrected chi connectivity index (χ1v) is 9.13. The Hall–Kier alpha value is -1.72. The van der Waals surface area contributed by atoms with Crippen molar-refractivity contribution in [3.63, 3.8) is 0 Å². The van der Waals surface area contributed by atoms with Gasteiger partial charge in [0.15, 0.2) is 0 Å². The van der Waals surface area contributed by atoms with Crippen molar-refractivity contribution in [1.82, 2.24) is 19.9 Å². The molecule has 1 aromatic carbocycles. The van der Waals surface area contributed by atoms with Gasteiger partial charge in [-0.1, -0.05) is 36.4 Å². The van der Waals surface area contributed by atoms with E-state index in [1.165, 1.54) is 24.1 Å². The number of benzene rings is 1. The third-order valence-corrected chi connectivity index (χ3v) is 6.19. The van der Waals surface area contributed by atoms with E-state index in [9.17, 15) is 5.11 Å². The van der Waals surface area contributed by atoms with Gasteiger partial charge in [-0.05, 0) is 36.3 Å². The summed E-state index contributed by atoms with van der Waals surface area (Å²) in [6, 6.07) is 9.02. The monoisotopic (exact) mass is 324 g/mol. The van der Waals surface area contributed by atoms with Crippen LogP contribution in [-0.4, -0.2) is 37.6 Å². The maximum atomic E-state index is 10.8. The average molecular weight is 324 g/mol. The topological polar surface area (TPSA) is 54.2 Å². The van der Waals surface area contributed by atoms with Gasteiger partial charge in [-0.25, -0.2) is 4.68 Å². The molecule has 1 saturated carbocycles. The van der Waals surface area contributed by atoms with E-state index < -0.39 is 0 Å². The van der Waals surface area contributed by atoms with Gasteiger partial charge in [0, 0.05) is 25.6 Å². The number of nitrogens with zero attached hydrogens (tertiary/aromatic N) is 4. The standard InChI is InChI=1S/C19H24N4O/c1-12-8-14(9-12)23-18-11-22(7-6-16(18)20-21-23)17-10-13-4-2-3-5-15(13)19(17)24/h2-5,12,14,17,19,24H,6-11H2,1H3. The van der Waals surface area contributed by atoms with E-state index in [1.54, 1.807) is 0 Å². The second kappa shape index (κ2) is 5.39. The van der Waals surface area contributed by atoms with Crippen LogP contribution in [0.25, 0.3) is 0 Å². The Morgan fingerprint density at radius 2 is 2.04 bits per heavy atom. The third-order valence-electron chi connectivity index (χ3n) is 6.19. The Morgan fingerprint density at radius 1 is 1.21 bits per heavy atom. The fourth-order valence-corrected chi connectivity index (χ4v) is 4.74. The van der Waals surface area contributed by atoms with Crippen molar-refractivity contribution in [3.8, 4) is 0 Å². The van der Waals surface area contributed by atoms with Crippen LogP contribution in [0, 0.1) is 5.92 Å². The van der Waals surface area contributed by atoms with Crippen molar-refractivity contribution < 1.29 is 5.11 Å². The summed E-state index contributed by atoms with van der Waals surface area (Å²) in [6.45, 7) is 4.13. The van der Waals surface area contributed by atoms with Gasteiger partial charge in [0.25, 0.3) is 0 Å². The molecule has 2 aliphatic carbocycles. The van der Waals surface area contributed by atoms with Crippen LogP contribution in [0.1, 0.15) is 54.4 Å². The number of rotatable bonds is 2. The minimum atomic E-state index is -0.379. The molecule has 2 heterocycles. The molecule has 1 N–H and O–H groups in total. The zero-order valence-corrected chi connectivity index (χ0v) is 14.1. The summed E-state index contributed by atoms with van der Waals surface area (Å²) in [6.07, 6.45) is 3.93. The van der Waals surface area contributed by atoms with Gasteiger partial charge in [0.05, 0.1) is 23.5 Å². The van der Waals surface area contributed by atoms with E-state index in [2.05, 4.69) is 45.0 Å². The molecular formula is C19H24N4O. The maximum Gasteiger partial charge on any atom is 0.0951 e. The molecule has 126 valence electrons. The lowest BCUT2D eigenvalue weighted by Crippen LogP contribution is -2.42. The van der Waals surface area contributed by atoms with Crippen molar-refractivity contribution in [2.45, 2.75) is 57.3 Å². The number of aliphatic hydroxyl groups excluding tert-OH is 1. The summed E-state index contributed by atoms with van der Waals surface area (Å²) in [5.41, 5.74) is 4.84. The first-order valence-electron chi connectivity index (χ1n) is 9.13. The SMILES string of the molecule is CC1CC(n2nnc3c2CN(C2Cc4ccccc4C2O)CC3)C1. The molecule has 0 saturated heterocycles. The Balaban J connectivity index is 1.39. The van der Waals surface area contributed by atoms with Crippen molar-refractivity contribution in [2.24, 2.45) is 5.92 Å². The molecular weight excluding hydrogens is 300 g/mol. The molecule has 5 rings (SSSR count). The normalized spacial score (nSPS) is 32.2. The average Bonchev–Trinajstić information content (AvgIpc) is 3.13. The van der Waals surface area contributed by atoms with Gasteiger partial charge >= 0.3 is 0 Å². The van der Waals surface area contributed by atoms with Crippen LogP contribution in [0.4, 0.5) is 0 Å². The lowest BCUT2D eigenvalue weighted by molar-refractivity contribution is 0.0492. The molecule has 5 nitrogen and oxygen atoms in total. The van der Waals surface area contributed by atoms with Crippen LogP contribution >= 0.6 is 0 Å². The Kier molecular flexibility index (Phi) is 3.28. The maximum absolute atomic E-state index is 10.8. The summed E-state index contributed by atoms with van der Waals surface area (Å²) >= 11 is 0. The first kappa shape index (κ1) is 14.6. The highest BCUT2D eigenvalue weighted by molar-refractivity contribution is 5.36. The van der Waals surface area contributed by atoms with E-state index >= 15 is 0 Å². The van der Waals surface area contributed by atoms with E-state index in [0.717, 1.165) is 43.1 Å². The van der Waals surface area contributed by atoms with Gasteiger partial charge in [-0.15, -0.1) is 5.10 Å². The first-order chi connectivity index (χ1) is 11.7. The predicted molar refractivity (Wildman–Crippen MR) is 90.5 cm³/mol. The molecule has 2 atom stereocenters. The molecule has 0 radical (unpaired) electrons. The number of hydrogen-bond donors (Lipinski definition) is 1. The molecule has 1 aliphatic heterocycles. The predicted octanol–water partition coefficient (Wildman–Crippen LogP) is 2.27. The van der Waals surface area contributed by atoms with Crippen LogP contribution in [0.3, 0.4) is 0 Å². The van der Waals surface area contributed by atoms with Crippen LogP contribution in [-0.2, 0) is 19.4 Å². The molecule has 2 aromatic rings. The number of hydrogen-bond acceptors (Lipinski definition) is 4. The number of aliphatic hydroxyl groups is 1. The van der Waals surface area contributed by atoms with Gasteiger partial charge in [0.2, 0.25) is 0 Å². The molecule has 24 heavy (non-hydrogen) atoms. The third kappa shape index (κ3) is 2.15. The van der Waals surface area contributed by atoms with Crippen molar-refractivity contribution >= 4 is 0 Å². The Bertz CT molecular complexity index is 764. The zero-order chi connectivity index (χ0) is 16.3. The van der Waals surface area contributed by atoms with Crippen molar-refractivity contribution in [1.29, 1.82) is 0 Å². The molecule has 2 unspecified atom stereocenters. The molecule has 1 aromatic heterocycles. The molecule has 0 bridgehead atoms. The highest BCUT2D eigenvalue weighted by Gasteiger charge is 2.38. The van der Waals surface area contributed by atoms with Crippen LogP contribution in [0.5, 0.6) is 0 Å². The number of aromatic nitrogens is 3. The zero-order valence-electron chi connectivity index (χ0n) is 14.1. The second-order valence-corrected chi connectivity index (χ2v) is 7.79. The van der Waals surface area contributed by atoms with Crippen LogP contribution < -0.4 is 0 Å². The van der Waals surface area contributed by atoms with E-state index in [0.29, 0.717) is 6.04 Å². The molecule has 3 aliphatic rings. The minimum Gasteiger partial charge on any atom is -0.387 e. The van der Waals surface area contributed by atoms with Gasteiger partial charge in [-0.3, -0.25) is 4.90 Å². The van der Waals surface area contributed by atoms with Crippen molar-refractivity contribution in [2.75, 3.05) is 6.54 Å². The second-order valence-electron chi connectivity index (χ2n) is 7.79. The fraction of sp³-hybridized carbons (Fsp3) is 0.579. The fourth-order valence-electron chi connectivity index (χ4n) is 4.74. The minimum absolute atomic E-state index is 0.180.